The van der Waals surface area contributed by atoms with Crippen molar-refractivity contribution in [2.75, 3.05) is 0 Å². The second-order valence-electron chi connectivity index (χ2n) is 11.9. The van der Waals surface area contributed by atoms with Crippen LogP contribution >= 0.6 is 46.4 Å². The lowest BCUT2D eigenvalue weighted by Gasteiger charge is -2.34. The van der Waals surface area contributed by atoms with E-state index in [9.17, 15) is 0 Å². The summed E-state index contributed by atoms with van der Waals surface area (Å²) in [5.41, 5.74) is 7.47. The van der Waals surface area contributed by atoms with E-state index in [1.165, 1.54) is 0 Å². The molecule has 0 saturated carbocycles. The van der Waals surface area contributed by atoms with Gasteiger partial charge in [0.1, 0.15) is 5.82 Å². The summed E-state index contributed by atoms with van der Waals surface area (Å²) in [6, 6.07) is 51.6. The summed E-state index contributed by atoms with van der Waals surface area (Å²) >= 11 is 27.9. The predicted molar refractivity (Wildman–Crippen MR) is 207 cm³/mol. The minimum atomic E-state index is -1.39. The SMILES string of the molecule is Clc1cccc(-c2nc(-c3ccccc3)c(-c3ccccc3)n2C2(c3cccc(Cl)c3Cl)N=C(c3ccccc3)C(c3ccccc3)N2)c1Cl. The maximum absolute atomic E-state index is 7.26. The highest BCUT2D eigenvalue weighted by molar-refractivity contribution is 6.44. The van der Waals surface area contributed by atoms with E-state index in [2.05, 4.69) is 58.4 Å². The molecule has 1 aliphatic rings. The van der Waals surface area contributed by atoms with Crippen LogP contribution in [0.15, 0.2) is 163 Å². The van der Waals surface area contributed by atoms with Crippen LogP contribution in [0.3, 0.4) is 0 Å². The van der Waals surface area contributed by atoms with Crippen LogP contribution in [0, 0.1) is 0 Å². The standard InChI is InChI=1S/C42H28Cl4N4/c43-33-25-13-23-31(35(33)45)41-47-39(29-19-9-3-10-20-29)40(30-21-11-4-12-22-30)50(41)42(32-24-14-26-34(44)36(32)46)48-37(27-15-5-1-6-16-27)38(49-42)28-17-7-2-8-18-28/h1-26,37,48H. The Kier molecular flexibility index (Phi) is 8.82. The molecule has 0 spiro atoms. The fourth-order valence-corrected chi connectivity index (χ4v) is 7.48. The van der Waals surface area contributed by atoms with Crippen molar-refractivity contribution >= 4 is 52.1 Å². The Labute approximate surface area is 310 Å². The van der Waals surface area contributed by atoms with Crippen molar-refractivity contribution in [2.45, 2.75) is 11.8 Å². The summed E-state index contributed by atoms with van der Waals surface area (Å²) in [5.74, 6) is -0.844. The lowest BCUT2D eigenvalue weighted by atomic mass is 9.97. The van der Waals surface area contributed by atoms with Gasteiger partial charge in [-0.25, -0.2) is 9.98 Å². The number of benzene rings is 6. The van der Waals surface area contributed by atoms with E-state index >= 15 is 0 Å². The third kappa shape index (κ3) is 5.64. The van der Waals surface area contributed by atoms with Crippen LogP contribution < -0.4 is 5.32 Å². The number of nitrogens with one attached hydrogen (secondary N) is 1. The highest BCUT2D eigenvalue weighted by Crippen LogP contribution is 2.49. The molecule has 0 amide bonds. The van der Waals surface area contributed by atoms with Crippen LogP contribution in [-0.2, 0) is 5.79 Å². The predicted octanol–water partition coefficient (Wildman–Crippen LogP) is 12.0. The van der Waals surface area contributed by atoms with Crippen LogP contribution in [0.2, 0.25) is 20.1 Å². The minimum Gasteiger partial charge on any atom is -0.281 e. The molecule has 7 aromatic rings. The number of aromatic nitrogens is 2. The zero-order valence-corrected chi connectivity index (χ0v) is 29.5. The van der Waals surface area contributed by atoms with Gasteiger partial charge in [-0.2, -0.15) is 0 Å². The minimum absolute atomic E-state index is 0.359. The van der Waals surface area contributed by atoms with Crippen molar-refractivity contribution in [3.8, 4) is 33.9 Å². The van der Waals surface area contributed by atoms with E-state index in [-0.39, 0.29) is 6.04 Å². The molecule has 8 heteroatoms. The van der Waals surface area contributed by atoms with Crippen molar-refractivity contribution in [2.24, 2.45) is 4.99 Å². The highest BCUT2D eigenvalue weighted by Gasteiger charge is 2.49. The molecule has 6 aromatic carbocycles. The van der Waals surface area contributed by atoms with Gasteiger partial charge in [-0.3, -0.25) is 9.88 Å². The van der Waals surface area contributed by atoms with E-state index in [0.29, 0.717) is 37.0 Å². The average Bonchev–Trinajstić information content (AvgIpc) is 3.77. The van der Waals surface area contributed by atoms with Crippen LogP contribution in [-0.4, -0.2) is 15.3 Å². The summed E-state index contributed by atoms with van der Waals surface area (Å²) in [6.07, 6.45) is 0. The average molecular weight is 731 g/mol. The molecule has 1 aliphatic heterocycles. The number of imidazole rings is 1. The monoisotopic (exact) mass is 728 g/mol. The molecule has 50 heavy (non-hydrogen) atoms. The second kappa shape index (κ2) is 13.6. The van der Waals surface area contributed by atoms with Crippen LogP contribution in [0.1, 0.15) is 22.7 Å². The zero-order valence-electron chi connectivity index (χ0n) is 26.4. The van der Waals surface area contributed by atoms with Crippen molar-refractivity contribution in [1.29, 1.82) is 0 Å². The van der Waals surface area contributed by atoms with Crippen molar-refractivity contribution in [1.82, 2.24) is 14.9 Å². The molecule has 2 unspecified atom stereocenters. The molecule has 244 valence electrons. The molecule has 2 atom stereocenters. The molecule has 4 nitrogen and oxygen atoms in total. The first-order valence-corrected chi connectivity index (χ1v) is 17.6. The van der Waals surface area contributed by atoms with Gasteiger partial charge in [0.2, 0.25) is 5.79 Å². The molecule has 1 aromatic heterocycles. The van der Waals surface area contributed by atoms with Gasteiger partial charge in [0.05, 0.1) is 43.2 Å². The lowest BCUT2D eigenvalue weighted by Crippen LogP contribution is -2.46. The maximum Gasteiger partial charge on any atom is 0.222 e. The first-order valence-electron chi connectivity index (χ1n) is 16.1. The summed E-state index contributed by atoms with van der Waals surface area (Å²) in [7, 11) is 0. The number of hydrogen-bond acceptors (Lipinski definition) is 3. The molecule has 1 N–H and O–H groups in total. The lowest BCUT2D eigenvalue weighted by molar-refractivity contribution is 0.308. The first kappa shape index (κ1) is 32.5. The Morgan fingerprint density at radius 2 is 1.08 bits per heavy atom. The molecule has 8 rings (SSSR count). The number of aliphatic imine (C=N–C) groups is 1. The van der Waals surface area contributed by atoms with E-state index in [1.54, 1.807) is 12.1 Å². The summed E-state index contributed by atoms with van der Waals surface area (Å²) < 4.78 is 2.12. The topological polar surface area (TPSA) is 42.2 Å². The van der Waals surface area contributed by atoms with E-state index in [1.807, 2.05) is 97.1 Å². The molecule has 0 fully saturated rings. The summed E-state index contributed by atoms with van der Waals surface area (Å²) in [4.78, 5) is 11.2. The van der Waals surface area contributed by atoms with E-state index in [0.717, 1.165) is 39.4 Å². The van der Waals surface area contributed by atoms with Gasteiger partial charge >= 0.3 is 0 Å². The Bertz CT molecular complexity index is 2340. The van der Waals surface area contributed by atoms with Gasteiger partial charge in [0, 0.05) is 22.3 Å². The van der Waals surface area contributed by atoms with Gasteiger partial charge < -0.3 is 0 Å². The normalized spacial score (nSPS) is 17.1. The maximum atomic E-state index is 7.26. The van der Waals surface area contributed by atoms with E-state index < -0.39 is 5.79 Å². The molecule has 0 bridgehead atoms. The summed E-state index contributed by atoms with van der Waals surface area (Å²) in [5, 5.41) is 5.53. The van der Waals surface area contributed by atoms with Gasteiger partial charge in [0.15, 0.2) is 0 Å². The largest absolute Gasteiger partial charge is 0.281 e. The van der Waals surface area contributed by atoms with Crippen LogP contribution in [0.5, 0.6) is 0 Å². The number of halogens is 4. The molecule has 0 saturated heterocycles. The van der Waals surface area contributed by atoms with Crippen LogP contribution in [0.25, 0.3) is 33.9 Å². The fourth-order valence-electron chi connectivity index (χ4n) is 6.67. The Hall–Kier alpha value is -4.68. The number of rotatable bonds is 7. The van der Waals surface area contributed by atoms with Gasteiger partial charge in [-0.1, -0.05) is 186 Å². The third-order valence-electron chi connectivity index (χ3n) is 8.92. The van der Waals surface area contributed by atoms with Crippen molar-refractivity contribution < 1.29 is 0 Å². The number of hydrogen-bond donors (Lipinski definition) is 1. The highest BCUT2D eigenvalue weighted by atomic mass is 35.5. The number of nitrogens with zero attached hydrogens (tertiary/aromatic N) is 3. The molecular weight excluding hydrogens is 702 g/mol. The third-order valence-corrected chi connectivity index (χ3v) is 10.6. The Balaban J connectivity index is 1.57. The summed E-state index contributed by atoms with van der Waals surface area (Å²) in [6.45, 7) is 0. The quantitative estimate of drug-likeness (QED) is 0.177. The molecule has 0 radical (unpaired) electrons. The molecule has 0 aliphatic carbocycles. The van der Waals surface area contributed by atoms with Gasteiger partial charge in [0.25, 0.3) is 0 Å². The van der Waals surface area contributed by atoms with Crippen molar-refractivity contribution in [3.05, 3.63) is 195 Å². The zero-order chi connectivity index (χ0) is 34.2. The smallest absolute Gasteiger partial charge is 0.222 e. The van der Waals surface area contributed by atoms with E-state index in [4.69, 9.17) is 56.4 Å². The Morgan fingerprint density at radius 3 is 1.72 bits per heavy atom. The van der Waals surface area contributed by atoms with Gasteiger partial charge in [-0.05, 0) is 29.3 Å². The van der Waals surface area contributed by atoms with Crippen LogP contribution in [0.4, 0.5) is 0 Å². The molecule has 2 heterocycles. The second-order valence-corrected chi connectivity index (χ2v) is 13.5. The molecular formula is C42H28Cl4N4. The van der Waals surface area contributed by atoms with Gasteiger partial charge in [-0.15, -0.1) is 0 Å². The van der Waals surface area contributed by atoms with Crippen molar-refractivity contribution in [3.63, 3.8) is 0 Å². The Morgan fingerprint density at radius 1 is 0.540 bits per heavy atom. The first-order chi connectivity index (χ1) is 24.5. The fraction of sp³-hybridized carbons (Fsp3) is 0.0476.